The number of hydrogen-bond acceptors (Lipinski definition) is 4. The zero-order valence-electron chi connectivity index (χ0n) is 12.4. The lowest BCUT2D eigenvalue weighted by molar-refractivity contribution is -0.0184. The molecule has 5 heteroatoms. The molecule has 118 valence electrons. The molecule has 1 saturated carbocycles. The fraction of sp³-hybridized carbons (Fsp3) is 0.278. The van der Waals surface area contributed by atoms with E-state index < -0.39 is 0 Å². The molecule has 0 radical (unpaired) electrons. The number of nitrogens with zero attached hydrogens (tertiary/aromatic N) is 1. The summed E-state index contributed by atoms with van der Waals surface area (Å²) in [7, 11) is 0. The van der Waals surface area contributed by atoms with Gasteiger partial charge in [0.05, 0.1) is 23.9 Å². The highest BCUT2D eigenvalue weighted by Crippen LogP contribution is 2.30. The number of ether oxygens (including phenoxy) is 2. The van der Waals surface area contributed by atoms with Crippen LogP contribution in [0.4, 0.5) is 0 Å². The third kappa shape index (κ3) is 4.49. The summed E-state index contributed by atoms with van der Waals surface area (Å²) >= 11 is 8.19. The van der Waals surface area contributed by atoms with Crippen molar-refractivity contribution in [3.63, 3.8) is 0 Å². The molecule has 0 amide bonds. The van der Waals surface area contributed by atoms with Crippen molar-refractivity contribution in [1.82, 2.24) is 0 Å². The largest absolute Gasteiger partial charge is 0.457 e. The SMILES string of the molecule is S=C=N[C@H]1C[C@@H](OCc2ccc(Oc3ccccc3)cc2Br)C1. The molecule has 0 spiro atoms. The first-order valence-corrected chi connectivity index (χ1v) is 8.64. The molecule has 0 N–H and O–H groups in total. The van der Waals surface area contributed by atoms with Gasteiger partial charge in [-0.15, -0.1) is 0 Å². The first-order valence-electron chi connectivity index (χ1n) is 7.44. The maximum Gasteiger partial charge on any atom is 0.128 e. The molecule has 0 bridgehead atoms. The smallest absolute Gasteiger partial charge is 0.128 e. The third-order valence-electron chi connectivity index (χ3n) is 3.78. The highest BCUT2D eigenvalue weighted by atomic mass is 79.9. The Morgan fingerprint density at radius 3 is 2.61 bits per heavy atom. The van der Waals surface area contributed by atoms with Crippen molar-refractivity contribution in [2.75, 3.05) is 0 Å². The van der Waals surface area contributed by atoms with Crippen molar-refractivity contribution < 1.29 is 9.47 Å². The molecule has 0 aromatic heterocycles. The zero-order valence-corrected chi connectivity index (χ0v) is 14.8. The minimum Gasteiger partial charge on any atom is -0.457 e. The zero-order chi connectivity index (χ0) is 16.1. The molecule has 1 aliphatic carbocycles. The Balaban J connectivity index is 1.54. The number of aliphatic imine (C=N–C) groups is 1. The van der Waals surface area contributed by atoms with E-state index in [1.165, 1.54) is 0 Å². The van der Waals surface area contributed by atoms with Gasteiger partial charge in [0.1, 0.15) is 11.5 Å². The normalized spacial score (nSPS) is 19.5. The number of benzene rings is 2. The van der Waals surface area contributed by atoms with Crippen LogP contribution >= 0.6 is 28.1 Å². The molecule has 2 aromatic carbocycles. The molecule has 0 unspecified atom stereocenters. The number of para-hydroxylation sites is 1. The molecule has 1 fully saturated rings. The number of hydrogen-bond donors (Lipinski definition) is 0. The maximum atomic E-state index is 5.89. The quantitative estimate of drug-likeness (QED) is 0.489. The first kappa shape index (κ1) is 16.3. The van der Waals surface area contributed by atoms with Crippen molar-refractivity contribution in [3.05, 3.63) is 58.6 Å². The number of halogens is 1. The second kappa shape index (κ2) is 7.84. The van der Waals surface area contributed by atoms with Crippen LogP contribution in [0, 0.1) is 0 Å². The second-order valence-corrected chi connectivity index (χ2v) is 6.48. The maximum absolute atomic E-state index is 5.89. The van der Waals surface area contributed by atoms with E-state index in [1.807, 2.05) is 48.5 Å². The molecule has 23 heavy (non-hydrogen) atoms. The molecule has 2 aromatic rings. The average molecular weight is 390 g/mol. The lowest BCUT2D eigenvalue weighted by atomic mass is 9.90. The van der Waals surface area contributed by atoms with Gasteiger partial charge in [-0.25, -0.2) is 4.99 Å². The predicted octanol–water partition coefficient (Wildman–Crippen LogP) is 5.39. The van der Waals surface area contributed by atoms with Crippen LogP contribution < -0.4 is 4.74 Å². The highest BCUT2D eigenvalue weighted by Gasteiger charge is 2.29. The number of isothiocyanates is 1. The Morgan fingerprint density at radius 1 is 1.13 bits per heavy atom. The van der Waals surface area contributed by atoms with E-state index in [4.69, 9.17) is 9.47 Å². The average Bonchev–Trinajstić information content (AvgIpc) is 2.52. The number of rotatable bonds is 6. The lowest BCUT2D eigenvalue weighted by Gasteiger charge is -2.31. The molecular weight excluding hydrogens is 374 g/mol. The Hall–Kier alpha value is -1.52. The van der Waals surface area contributed by atoms with Gasteiger partial charge in [0.15, 0.2) is 0 Å². The van der Waals surface area contributed by atoms with Crippen molar-refractivity contribution in [2.24, 2.45) is 4.99 Å². The summed E-state index contributed by atoms with van der Waals surface area (Å²) in [6.45, 7) is 0.574. The van der Waals surface area contributed by atoms with Gasteiger partial charge in [-0.05, 0) is 54.9 Å². The molecule has 0 saturated heterocycles. The summed E-state index contributed by atoms with van der Waals surface area (Å²) in [6, 6.07) is 16.0. The van der Waals surface area contributed by atoms with Gasteiger partial charge in [0.2, 0.25) is 0 Å². The molecular formula is C18H16BrNO2S. The van der Waals surface area contributed by atoms with Gasteiger partial charge in [-0.3, -0.25) is 0 Å². The minimum atomic E-state index is 0.263. The van der Waals surface area contributed by atoms with Crippen molar-refractivity contribution in [2.45, 2.75) is 31.6 Å². The summed E-state index contributed by atoms with van der Waals surface area (Å²) in [5, 5.41) is 2.43. The lowest BCUT2D eigenvalue weighted by Crippen LogP contribution is -2.34. The molecule has 3 rings (SSSR count). The Morgan fingerprint density at radius 2 is 1.91 bits per heavy atom. The van der Waals surface area contributed by atoms with E-state index in [2.05, 4.69) is 38.3 Å². The standard InChI is InChI=1S/C18H16BrNO2S/c19-18-10-16(22-15-4-2-1-3-5-15)7-6-13(18)11-21-17-8-14(9-17)20-12-23/h1-7,10,14,17H,8-9,11H2/t14-,17+. The Labute approximate surface area is 149 Å². The van der Waals surface area contributed by atoms with E-state index in [9.17, 15) is 0 Å². The Bertz CT molecular complexity index is 710. The van der Waals surface area contributed by atoms with Crippen LogP contribution in [0.3, 0.4) is 0 Å². The van der Waals surface area contributed by atoms with Crippen LogP contribution in [0.1, 0.15) is 18.4 Å². The van der Waals surface area contributed by atoms with Gasteiger partial charge in [0.25, 0.3) is 0 Å². The minimum absolute atomic E-state index is 0.263. The summed E-state index contributed by atoms with van der Waals surface area (Å²) in [6.07, 6.45) is 2.12. The van der Waals surface area contributed by atoms with E-state index in [1.54, 1.807) is 0 Å². The van der Waals surface area contributed by atoms with Crippen LogP contribution in [-0.2, 0) is 11.3 Å². The van der Waals surface area contributed by atoms with E-state index in [-0.39, 0.29) is 6.10 Å². The van der Waals surface area contributed by atoms with Crippen molar-refractivity contribution in [3.8, 4) is 11.5 Å². The van der Waals surface area contributed by atoms with Gasteiger partial charge in [-0.1, -0.05) is 40.2 Å². The summed E-state index contributed by atoms with van der Waals surface area (Å²) < 4.78 is 12.7. The van der Waals surface area contributed by atoms with E-state index in [0.29, 0.717) is 12.6 Å². The summed E-state index contributed by atoms with van der Waals surface area (Å²) in [5.74, 6) is 1.62. The molecule has 0 atom stereocenters. The van der Waals surface area contributed by atoms with Crippen molar-refractivity contribution in [1.29, 1.82) is 0 Å². The van der Waals surface area contributed by atoms with Crippen LogP contribution in [0.5, 0.6) is 11.5 Å². The monoisotopic (exact) mass is 389 g/mol. The molecule has 0 aliphatic heterocycles. The molecule has 0 heterocycles. The van der Waals surface area contributed by atoms with Crippen LogP contribution in [0.2, 0.25) is 0 Å². The predicted molar refractivity (Wildman–Crippen MR) is 97.3 cm³/mol. The summed E-state index contributed by atoms with van der Waals surface area (Å²) in [4.78, 5) is 4.06. The molecule has 1 aliphatic rings. The van der Waals surface area contributed by atoms with Crippen LogP contribution in [-0.4, -0.2) is 17.3 Å². The van der Waals surface area contributed by atoms with Gasteiger partial charge in [-0.2, -0.15) is 0 Å². The Kier molecular flexibility index (Phi) is 5.57. The van der Waals surface area contributed by atoms with Gasteiger partial charge in [0, 0.05) is 4.47 Å². The summed E-state index contributed by atoms with van der Waals surface area (Å²) in [5.41, 5.74) is 1.10. The van der Waals surface area contributed by atoms with E-state index in [0.717, 1.165) is 34.4 Å². The first-order chi connectivity index (χ1) is 11.2. The highest BCUT2D eigenvalue weighted by molar-refractivity contribution is 9.10. The second-order valence-electron chi connectivity index (χ2n) is 5.45. The van der Waals surface area contributed by atoms with Gasteiger partial charge >= 0.3 is 0 Å². The number of thiocarbonyl (C=S) groups is 1. The fourth-order valence-electron chi connectivity index (χ4n) is 2.39. The molecule has 3 nitrogen and oxygen atoms in total. The van der Waals surface area contributed by atoms with Crippen molar-refractivity contribution >= 4 is 33.3 Å². The third-order valence-corrected chi connectivity index (χ3v) is 4.63. The van der Waals surface area contributed by atoms with E-state index >= 15 is 0 Å². The van der Waals surface area contributed by atoms with Crippen LogP contribution in [0.25, 0.3) is 0 Å². The fourth-order valence-corrected chi connectivity index (χ4v) is 3.02. The van der Waals surface area contributed by atoms with Gasteiger partial charge < -0.3 is 9.47 Å². The van der Waals surface area contributed by atoms with Crippen LogP contribution in [0.15, 0.2) is 58.0 Å². The topological polar surface area (TPSA) is 30.8 Å².